The smallest absolute Gasteiger partial charge is 0.371 e. The van der Waals surface area contributed by atoms with Crippen LogP contribution in [0.1, 0.15) is 32.1 Å². The van der Waals surface area contributed by atoms with Crippen molar-refractivity contribution in [3.8, 4) is 0 Å². The van der Waals surface area contributed by atoms with Crippen LogP contribution in [0.3, 0.4) is 0 Å². The van der Waals surface area contributed by atoms with Gasteiger partial charge in [-0.1, -0.05) is 19.3 Å². The Hall–Kier alpha value is 0.440. The molecule has 1 aliphatic carbocycles. The molecule has 0 aromatic carbocycles. The van der Waals surface area contributed by atoms with Gasteiger partial charge in [-0.2, -0.15) is 4.08 Å². The molecule has 3 N–H and O–H groups in total. The van der Waals surface area contributed by atoms with Crippen molar-refractivity contribution in [3.63, 3.8) is 0 Å². The first-order chi connectivity index (χ1) is 8.24. The van der Waals surface area contributed by atoms with Gasteiger partial charge in [0.1, 0.15) is 6.79 Å². The molecule has 7 nitrogen and oxygen atoms in total. The summed E-state index contributed by atoms with van der Waals surface area (Å²) in [5, 5.41) is 16.3. The van der Waals surface area contributed by atoms with E-state index in [4.69, 9.17) is 19.8 Å². The lowest BCUT2D eigenvalue weighted by Gasteiger charge is -2.20. The fourth-order valence-corrected chi connectivity index (χ4v) is 1.65. The summed E-state index contributed by atoms with van der Waals surface area (Å²) in [6.45, 7) is -0.760. The van der Waals surface area contributed by atoms with Crippen molar-refractivity contribution in [3.05, 3.63) is 0 Å². The average Bonchev–Trinajstić information content (AvgIpc) is 2.38. The summed E-state index contributed by atoms with van der Waals surface area (Å²) in [6, 6.07) is 0. The van der Waals surface area contributed by atoms with E-state index in [0.717, 1.165) is 12.8 Å². The lowest BCUT2D eigenvalue weighted by Crippen LogP contribution is -2.16. The monoisotopic (exact) mass is 292 g/mol. The Labute approximate surface area is 106 Å². The molecule has 0 aliphatic heterocycles. The minimum Gasteiger partial charge on any atom is -0.371 e. The van der Waals surface area contributed by atoms with Crippen molar-refractivity contribution >= 4 is 20.5 Å². The van der Waals surface area contributed by atoms with Crippen LogP contribution in [0.4, 0.5) is 0 Å². The van der Waals surface area contributed by atoms with Gasteiger partial charge < -0.3 is 19.8 Å². The zero-order chi connectivity index (χ0) is 12.9. The number of halogens is 1. The predicted molar refractivity (Wildman–Crippen MR) is 60.4 cm³/mol. The van der Waals surface area contributed by atoms with E-state index >= 15 is 0 Å². The Kier molecular flexibility index (Phi) is 13.2. The Morgan fingerprint density at radius 3 is 2.24 bits per heavy atom. The predicted octanol–water partition coefficient (Wildman–Crippen LogP) is 1.56. The molecule has 0 amide bonds. The first-order valence-corrected chi connectivity index (χ1v) is 6.59. The molecule has 1 aliphatic rings. The van der Waals surface area contributed by atoms with E-state index in [9.17, 15) is 0 Å². The van der Waals surface area contributed by atoms with Crippen LogP contribution in [0, 0.1) is 0 Å². The van der Waals surface area contributed by atoms with Crippen molar-refractivity contribution < 1.29 is 33.5 Å². The quantitative estimate of drug-likeness (QED) is 0.296. The second-order valence-corrected chi connectivity index (χ2v) is 4.36. The van der Waals surface area contributed by atoms with Crippen LogP contribution in [-0.2, 0) is 18.4 Å². The summed E-state index contributed by atoms with van der Waals surface area (Å²) in [7, 11) is -2.20. The third kappa shape index (κ3) is 11.3. The fourth-order valence-electron chi connectivity index (χ4n) is 1.42. The highest BCUT2D eigenvalue weighted by atomic mass is 35.5. The van der Waals surface area contributed by atoms with E-state index in [-0.39, 0.29) is 6.79 Å². The van der Waals surface area contributed by atoms with Gasteiger partial charge in [0.25, 0.3) is 0 Å². The second kappa shape index (κ2) is 12.9. The highest BCUT2D eigenvalue weighted by molar-refractivity contribution is 7.41. The number of hydrogen-bond acceptors (Lipinski definition) is 7. The molecule has 0 spiro atoms. The Bertz CT molecular complexity index is 156. The molecule has 0 aromatic heterocycles. The lowest BCUT2D eigenvalue weighted by atomic mass is 9.98. The SMILES string of the molecule is OCOC1CCCCC1.OCOOP(O)OCl. The van der Waals surface area contributed by atoms with Crippen molar-refractivity contribution in [1.29, 1.82) is 0 Å². The standard InChI is InChI=1S/C7H14O2.CH4ClO5P/c8-6-9-7-4-2-1-3-5-7;2-6-8(4)7-5-1-3/h7-8H,1-6H2;3-4H,1H2. The van der Waals surface area contributed by atoms with Crippen LogP contribution in [0.5, 0.6) is 0 Å². The van der Waals surface area contributed by atoms with Crippen molar-refractivity contribution in [2.24, 2.45) is 0 Å². The van der Waals surface area contributed by atoms with Gasteiger partial charge in [0.15, 0.2) is 6.79 Å². The number of ether oxygens (including phenoxy) is 1. The van der Waals surface area contributed by atoms with Crippen LogP contribution in [-0.4, -0.2) is 34.8 Å². The van der Waals surface area contributed by atoms with Crippen LogP contribution in [0.25, 0.3) is 0 Å². The van der Waals surface area contributed by atoms with Crippen molar-refractivity contribution in [2.75, 3.05) is 13.6 Å². The number of hydrogen-bond donors (Lipinski definition) is 3. The van der Waals surface area contributed by atoms with Gasteiger partial charge in [-0.25, -0.2) is 4.89 Å². The van der Waals surface area contributed by atoms with Gasteiger partial charge in [-0.3, -0.25) is 0 Å². The second-order valence-electron chi connectivity index (χ2n) is 3.18. The zero-order valence-electron chi connectivity index (χ0n) is 9.33. The van der Waals surface area contributed by atoms with Crippen LogP contribution in [0.15, 0.2) is 0 Å². The minimum atomic E-state index is -2.20. The minimum absolute atomic E-state index is 0.106. The summed E-state index contributed by atoms with van der Waals surface area (Å²) in [4.78, 5) is 12.1. The van der Waals surface area contributed by atoms with Gasteiger partial charge in [-0.05, 0) is 12.8 Å². The fraction of sp³-hybridized carbons (Fsp3) is 1.00. The zero-order valence-corrected chi connectivity index (χ0v) is 11.0. The van der Waals surface area contributed by atoms with E-state index in [2.05, 4.69) is 25.5 Å². The molecule has 0 aromatic rings. The topological polar surface area (TPSA) is 97.6 Å². The van der Waals surface area contributed by atoms with E-state index in [1.165, 1.54) is 19.3 Å². The maximum Gasteiger partial charge on any atom is 0.377 e. The molecule has 9 heteroatoms. The van der Waals surface area contributed by atoms with E-state index in [1.54, 1.807) is 0 Å². The molecule has 0 heterocycles. The molecule has 1 saturated carbocycles. The maximum absolute atomic E-state index is 8.40. The molecule has 1 rings (SSSR count). The molecule has 1 atom stereocenters. The highest BCUT2D eigenvalue weighted by Crippen LogP contribution is 2.33. The molecule has 0 saturated heterocycles. The van der Waals surface area contributed by atoms with E-state index in [0.29, 0.717) is 6.10 Å². The number of aliphatic hydroxyl groups excluding tert-OH is 2. The van der Waals surface area contributed by atoms with Gasteiger partial charge in [0.2, 0.25) is 0 Å². The molecule has 17 heavy (non-hydrogen) atoms. The third-order valence-corrected chi connectivity index (χ3v) is 2.80. The first kappa shape index (κ1) is 17.4. The van der Waals surface area contributed by atoms with Crippen LogP contribution in [0.2, 0.25) is 0 Å². The van der Waals surface area contributed by atoms with Gasteiger partial charge in [0, 0.05) is 0 Å². The number of aliphatic hydroxyl groups is 2. The van der Waals surface area contributed by atoms with Crippen molar-refractivity contribution in [2.45, 2.75) is 38.2 Å². The molecule has 1 fully saturated rings. The van der Waals surface area contributed by atoms with Crippen LogP contribution >= 0.6 is 20.5 Å². The summed E-state index contributed by atoms with van der Waals surface area (Å²) in [6.07, 6.45) is 6.51. The van der Waals surface area contributed by atoms with Crippen LogP contribution < -0.4 is 0 Å². The Balaban J connectivity index is 0.000000304. The van der Waals surface area contributed by atoms with Gasteiger partial charge >= 0.3 is 8.60 Å². The Morgan fingerprint density at radius 2 is 1.76 bits per heavy atom. The molecular formula is C8H18ClO7P. The summed E-state index contributed by atoms with van der Waals surface area (Å²) >= 11 is 4.58. The first-order valence-electron chi connectivity index (χ1n) is 5.15. The summed E-state index contributed by atoms with van der Waals surface area (Å²) < 4.78 is 12.6. The largest absolute Gasteiger partial charge is 0.377 e. The highest BCUT2D eigenvalue weighted by Gasteiger charge is 2.12. The molecule has 0 radical (unpaired) electrons. The van der Waals surface area contributed by atoms with Gasteiger partial charge in [-0.15, -0.1) is 4.67 Å². The Morgan fingerprint density at radius 1 is 1.12 bits per heavy atom. The van der Waals surface area contributed by atoms with Crippen molar-refractivity contribution in [1.82, 2.24) is 0 Å². The molecule has 104 valence electrons. The van der Waals surface area contributed by atoms with E-state index in [1.807, 2.05) is 0 Å². The lowest BCUT2D eigenvalue weighted by molar-refractivity contribution is -0.257. The summed E-state index contributed by atoms with van der Waals surface area (Å²) in [5.41, 5.74) is 0. The summed E-state index contributed by atoms with van der Waals surface area (Å²) in [5.74, 6) is 0. The molecule has 1 unspecified atom stereocenters. The van der Waals surface area contributed by atoms with Gasteiger partial charge in [0.05, 0.1) is 18.0 Å². The van der Waals surface area contributed by atoms with E-state index < -0.39 is 15.4 Å². The normalized spacial score (nSPS) is 18.4. The maximum atomic E-state index is 8.40. The molecular weight excluding hydrogens is 275 g/mol. The third-order valence-electron chi connectivity index (χ3n) is 2.09. The number of rotatable bonds is 6. The molecule has 0 bridgehead atoms. The average molecular weight is 293 g/mol.